The van der Waals surface area contributed by atoms with Crippen molar-refractivity contribution in [1.82, 2.24) is 10.2 Å². The van der Waals surface area contributed by atoms with E-state index in [1.165, 1.54) is 17.0 Å². The normalized spacial score (nSPS) is 17.4. The molecule has 2 aliphatic rings. The summed E-state index contributed by atoms with van der Waals surface area (Å²) in [4.78, 5) is 14.0. The zero-order valence-electron chi connectivity index (χ0n) is 28.4. The number of fused-ring (bicyclic) bond motifs is 1. The number of rotatable bonds is 17. The molecule has 1 fully saturated rings. The summed E-state index contributed by atoms with van der Waals surface area (Å²) in [5.74, 6) is 1.41. The molecule has 13 heteroatoms. The van der Waals surface area contributed by atoms with Crippen LogP contribution in [0.25, 0.3) is 0 Å². The van der Waals surface area contributed by atoms with Gasteiger partial charge in [-0.15, -0.1) is 0 Å². The summed E-state index contributed by atoms with van der Waals surface area (Å²) in [6.07, 6.45) is -0.723. The molecule has 12 nitrogen and oxygen atoms in total. The van der Waals surface area contributed by atoms with Gasteiger partial charge in [-0.2, -0.15) is 5.26 Å². The van der Waals surface area contributed by atoms with Crippen molar-refractivity contribution in [3.05, 3.63) is 83.9 Å². The highest BCUT2D eigenvalue weighted by Crippen LogP contribution is 2.38. The first kappa shape index (κ1) is 36.9. The number of carboxylic acid groups (broad SMARTS) is 1. The Bertz CT molecular complexity index is 1720. The van der Waals surface area contributed by atoms with E-state index in [0.29, 0.717) is 49.7 Å². The Morgan fingerprint density at radius 1 is 1.08 bits per heavy atom. The van der Waals surface area contributed by atoms with Crippen LogP contribution in [0.2, 0.25) is 0 Å². The highest BCUT2D eigenvalue weighted by atomic mass is 32.2. The predicted molar refractivity (Wildman–Crippen MR) is 185 cm³/mol. The van der Waals surface area contributed by atoms with Crippen LogP contribution in [-0.4, -0.2) is 79.7 Å². The minimum atomic E-state index is -4.08. The van der Waals surface area contributed by atoms with Crippen molar-refractivity contribution in [2.24, 2.45) is 5.41 Å². The number of sulfone groups is 1. The zero-order valence-corrected chi connectivity index (χ0v) is 29.2. The van der Waals surface area contributed by atoms with Crippen LogP contribution in [0.4, 0.5) is 4.79 Å². The number of aliphatic hydroxyl groups excluding tert-OH is 1. The monoisotopic (exact) mass is 707 g/mol. The number of carbonyl (C=O) groups is 1. The summed E-state index contributed by atoms with van der Waals surface area (Å²) in [6, 6.07) is 22.2. The molecule has 0 bridgehead atoms. The smallest absolute Gasteiger partial charge is 0.407 e. The number of nitriles is 1. The summed E-state index contributed by atoms with van der Waals surface area (Å²) in [5, 5.41) is 33.3. The van der Waals surface area contributed by atoms with Crippen LogP contribution < -0.4 is 19.5 Å². The molecule has 3 aromatic carbocycles. The molecule has 0 aromatic heterocycles. The highest BCUT2D eigenvalue weighted by molar-refractivity contribution is 7.92. The van der Waals surface area contributed by atoms with Crippen LogP contribution in [0, 0.1) is 16.7 Å². The van der Waals surface area contributed by atoms with Gasteiger partial charge in [0.05, 0.1) is 35.8 Å². The highest BCUT2D eigenvalue weighted by Gasteiger charge is 2.42. The van der Waals surface area contributed by atoms with E-state index in [9.17, 15) is 23.4 Å². The van der Waals surface area contributed by atoms with Gasteiger partial charge >= 0.3 is 6.09 Å². The minimum Gasteiger partial charge on any atom is -0.489 e. The van der Waals surface area contributed by atoms with E-state index in [1.54, 1.807) is 19.9 Å². The number of unbranched alkanes of at least 4 members (excludes halogenated alkanes) is 1. The van der Waals surface area contributed by atoms with Gasteiger partial charge in [0.2, 0.25) is 6.79 Å². The van der Waals surface area contributed by atoms with Crippen molar-refractivity contribution >= 4 is 15.9 Å². The molecule has 2 heterocycles. The SMILES string of the molecule is CC(C)(CCCC#N)C(NC[C@@H](O)[C@H](Cc1ccc(OCc2ccccc2)cc1)N(C(=O)O)[C@H]1CCOC1)S(=O)(=O)c1ccc2c(c1)OCO2. The van der Waals surface area contributed by atoms with Crippen LogP contribution in [-0.2, 0) is 27.6 Å². The molecule has 3 aromatic rings. The Morgan fingerprint density at radius 2 is 1.82 bits per heavy atom. The lowest BCUT2D eigenvalue weighted by Crippen LogP contribution is -2.57. The first-order chi connectivity index (χ1) is 24.0. The third-order valence-corrected chi connectivity index (χ3v) is 11.6. The van der Waals surface area contributed by atoms with E-state index >= 15 is 0 Å². The molecule has 1 saturated heterocycles. The predicted octanol–water partition coefficient (Wildman–Crippen LogP) is 5.14. The first-order valence-electron chi connectivity index (χ1n) is 16.8. The van der Waals surface area contributed by atoms with E-state index in [0.717, 1.165) is 11.1 Å². The number of ether oxygens (including phenoxy) is 4. The molecule has 0 radical (unpaired) electrons. The summed E-state index contributed by atoms with van der Waals surface area (Å²) in [6.45, 7) is 4.36. The number of hydrogen-bond acceptors (Lipinski definition) is 10. The van der Waals surface area contributed by atoms with E-state index in [2.05, 4.69) is 11.4 Å². The molecule has 0 aliphatic carbocycles. The summed E-state index contributed by atoms with van der Waals surface area (Å²) >= 11 is 0. The molecule has 0 spiro atoms. The van der Waals surface area contributed by atoms with E-state index < -0.39 is 44.9 Å². The Labute approximate surface area is 293 Å². The topological polar surface area (TPSA) is 168 Å². The van der Waals surface area contributed by atoms with E-state index in [-0.39, 0.29) is 37.7 Å². The molecule has 2 aliphatic heterocycles. The Kier molecular flexibility index (Phi) is 12.2. The summed E-state index contributed by atoms with van der Waals surface area (Å²) in [7, 11) is -4.08. The molecular formula is C37H45N3O9S. The van der Waals surface area contributed by atoms with Crippen LogP contribution in [0.15, 0.2) is 77.7 Å². The molecule has 50 heavy (non-hydrogen) atoms. The summed E-state index contributed by atoms with van der Waals surface area (Å²) in [5.41, 5.74) is 0.908. The second-order valence-corrected chi connectivity index (χ2v) is 15.3. The number of aliphatic hydroxyl groups is 1. The molecule has 1 amide bonds. The van der Waals surface area contributed by atoms with Crippen molar-refractivity contribution in [2.75, 3.05) is 26.6 Å². The maximum atomic E-state index is 14.3. The van der Waals surface area contributed by atoms with Gasteiger partial charge in [-0.1, -0.05) is 56.3 Å². The van der Waals surface area contributed by atoms with E-state index in [4.69, 9.17) is 24.2 Å². The van der Waals surface area contributed by atoms with Crippen LogP contribution in [0.5, 0.6) is 17.2 Å². The average molecular weight is 708 g/mol. The van der Waals surface area contributed by atoms with Gasteiger partial charge in [0.1, 0.15) is 17.7 Å². The Balaban J connectivity index is 1.38. The second-order valence-electron chi connectivity index (χ2n) is 13.3. The first-order valence-corrected chi connectivity index (χ1v) is 18.3. The average Bonchev–Trinajstić information content (AvgIpc) is 3.80. The van der Waals surface area contributed by atoms with Crippen molar-refractivity contribution in [3.63, 3.8) is 0 Å². The maximum absolute atomic E-state index is 14.3. The molecule has 0 saturated carbocycles. The van der Waals surface area contributed by atoms with Gasteiger partial charge in [-0.25, -0.2) is 13.2 Å². The van der Waals surface area contributed by atoms with Crippen molar-refractivity contribution in [2.45, 2.75) is 81.0 Å². The van der Waals surface area contributed by atoms with Crippen LogP contribution in [0.1, 0.15) is 50.7 Å². The standard InChI is InChI=1S/C37H45N3O9S/c1-37(2,17-6-7-18-38)35(50(44,45)30-14-15-33-34(21-30)49-25-48-33)39-22-32(41)31(40(36(42)43)28-16-19-46-24-28)20-26-10-12-29(13-11-26)47-23-27-8-4-3-5-9-27/h3-5,8-15,21,28,31-32,35,39,41H,6-7,16-17,19-20,22-25H2,1-2H3,(H,42,43)/t28-,31-,32+,35?/m0/s1. The number of nitrogens with zero attached hydrogens (tertiary/aromatic N) is 2. The number of nitrogens with one attached hydrogen (secondary N) is 1. The van der Waals surface area contributed by atoms with Crippen molar-refractivity contribution in [3.8, 4) is 23.3 Å². The van der Waals surface area contributed by atoms with Gasteiger partial charge in [-0.3, -0.25) is 10.2 Å². The van der Waals surface area contributed by atoms with Gasteiger partial charge in [0.15, 0.2) is 21.3 Å². The minimum absolute atomic E-state index is 0.0106. The fourth-order valence-corrected chi connectivity index (χ4v) is 8.62. The summed E-state index contributed by atoms with van der Waals surface area (Å²) < 4.78 is 50.8. The third kappa shape index (κ3) is 9.05. The zero-order chi connectivity index (χ0) is 35.7. The largest absolute Gasteiger partial charge is 0.489 e. The van der Waals surface area contributed by atoms with Crippen molar-refractivity contribution < 1.29 is 42.4 Å². The lowest BCUT2D eigenvalue weighted by Gasteiger charge is -2.39. The van der Waals surface area contributed by atoms with E-state index in [1.807, 2.05) is 54.6 Å². The van der Waals surface area contributed by atoms with Crippen molar-refractivity contribution in [1.29, 1.82) is 5.26 Å². The lowest BCUT2D eigenvalue weighted by atomic mass is 9.86. The number of amides is 1. The molecule has 1 unspecified atom stereocenters. The number of benzene rings is 3. The van der Waals surface area contributed by atoms with Gasteiger partial charge in [0.25, 0.3) is 0 Å². The quantitative estimate of drug-likeness (QED) is 0.159. The van der Waals surface area contributed by atoms with Gasteiger partial charge in [0, 0.05) is 25.6 Å². The number of hydrogen-bond donors (Lipinski definition) is 3. The molecule has 5 rings (SSSR count). The molecule has 268 valence electrons. The van der Waals surface area contributed by atoms with Crippen LogP contribution in [0.3, 0.4) is 0 Å². The lowest BCUT2D eigenvalue weighted by molar-refractivity contribution is 0.0229. The third-order valence-electron chi connectivity index (χ3n) is 9.25. The van der Waals surface area contributed by atoms with Crippen LogP contribution >= 0.6 is 0 Å². The van der Waals surface area contributed by atoms with Gasteiger partial charge in [-0.05, 0) is 66.5 Å². The molecule has 4 atom stereocenters. The fourth-order valence-electron chi connectivity index (χ4n) is 6.55. The second kappa shape index (κ2) is 16.6. The maximum Gasteiger partial charge on any atom is 0.407 e. The Hall–Kier alpha value is -4.35. The fraction of sp³-hybridized carbons (Fsp3) is 0.459. The molecule has 3 N–H and O–H groups in total. The van der Waals surface area contributed by atoms with Gasteiger partial charge < -0.3 is 29.2 Å². The molecular weight excluding hydrogens is 662 g/mol. The Morgan fingerprint density at radius 3 is 2.50 bits per heavy atom.